The highest BCUT2D eigenvalue weighted by Gasteiger charge is 2.53. The summed E-state index contributed by atoms with van der Waals surface area (Å²) in [4.78, 5) is 71.7. The number of hydrogen-bond acceptors (Lipinski definition) is 11. The molecule has 1 aliphatic rings. The predicted molar refractivity (Wildman–Crippen MR) is 148 cm³/mol. The Bertz CT molecular complexity index is 1390. The van der Waals surface area contributed by atoms with E-state index in [0.29, 0.717) is 0 Å². The summed E-state index contributed by atoms with van der Waals surface area (Å²) in [6.07, 6.45) is -0.750. The van der Waals surface area contributed by atoms with Gasteiger partial charge in [-0.1, -0.05) is 42.8 Å². The van der Waals surface area contributed by atoms with Crippen LogP contribution >= 0.6 is 11.6 Å². The van der Waals surface area contributed by atoms with Gasteiger partial charge in [0, 0.05) is 31.5 Å². The van der Waals surface area contributed by atoms with Gasteiger partial charge in [-0.15, -0.1) is 0 Å². The van der Waals surface area contributed by atoms with E-state index in [0.717, 1.165) is 4.90 Å². The third-order valence-corrected chi connectivity index (χ3v) is 7.09. The Morgan fingerprint density at radius 1 is 0.953 bits per heavy atom. The van der Waals surface area contributed by atoms with E-state index >= 15 is 0 Å². The zero-order valence-corrected chi connectivity index (χ0v) is 23.9. The molecule has 1 N–H and O–H groups in total. The maximum Gasteiger partial charge on any atom is 0.407 e. The number of rotatable bonds is 14. The Balaban J connectivity index is 1.60. The number of para-hydroxylation sites is 2. The number of carbonyl (C=O) groups excluding carboxylic acids is 4. The minimum Gasteiger partial charge on any atom is -0.466 e. The minimum absolute atomic E-state index is 0.0220. The van der Waals surface area contributed by atoms with Crippen LogP contribution in [-0.2, 0) is 41.8 Å². The van der Waals surface area contributed by atoms with E-state index < -0.39 is 63.8 Å². The van der Waals surface area contributed by atoms with E-state index in [9.17, 15) is 39.4 Å². The second kappa shape index (κ2) is 14.9. The highest BCUT2D eigenvalue weighted by atomic mass is 35.5. The third kappa shape index (κ3) is 8.38. The molecule has 0 aliphatic carbocycles. The summed E-state index contributed by atoms with van der Waals surface area (Å²) < 4.78 is 15.3. The van der Waals surface area contributed by atoms with Crippen LogP contribution in [0.25, 0.3) is 0 Å². The van der Waals surface area contributed by atoms with Crippen molar-refractivity contribution in [2.75, 3.05) is 13.2 Å². The lowest BCUT2D eigenvalue weighted by molar-refractivity contribution is -0.386. The number of amides is 2. The molecule has 0 spiro atoms. The van der Waals surface area contributed by atoms with Crippen LogP contribution in [0.1, 0.15) is 31.4 Å². The quantitative estimate of drug-likeness (QED) is 0.0617. The molecule has 0 saturated carbocycles. The van der Waals surface area contributed by atoms with Crippen LogP contribution in [0.15, 0.2) is 48.5 Å². The summed E-state index contributed by atoms with van der Waals surface area (Å²) in [5.41, 5.74) is -1.68. The molecule has 2 aromatic carbocycles. The smallest absolute Gasteiger partial charge is 0.407 e. The van der Waals surface area contributed by atoms with Gasteiger partial charge in [0.15, 0.2) is 0 Å². The van der Waals surface area contributed by atoms with E-state index in [1.54, 1.807) is 19.1 Å². The second-order valence-electron chi connectivity index (χ2n) is 9.63. The second-order valence-corrected chi connectivity index (χ2v) is 10.0. The number of likely N-dealkylation sites (tertiary alicyclic amines) is 1. The average molecular weight is 621 g/mol. The summed E-state index contributed by atoms with van der Waals surface area (Å²) in [6, 6.07) is 10.8. The monoisotopic (exact) mass is 620 g/mol. The summed E-state index contributed by atoms with van der Waals surface area (Å²) in [6.45, 7) is 2.01. The van der Waals surface area contributed by atoms with Crippen molar-refractivity contribution in [1.29, 1.82) is 0 Å². The predicted octanol–water partition coefficient (Wildman–Crippen LogP) is 3.45. The lowest BCUT2D eigenvalue weighted by atomic mass is 9.77. The van der Waals surface area contributed by atoms with Gasteiger partial charge in [0.1, 0.15) is 13.2 Å². The van der Waals surface area contributed by atoms with Gasteiger partial charge in [-0.2, -0.15) is 0 Å². The lowest BCUT2D eigenvalue weighted by Crippen LogP contribution is -2.67. The number of carbonyl (C=O) groups is 4. The van der Waals surface area contributed by atoms with Crippen LogP contribution in [0, 0.1) is 32.1 Å². The summed E-state index contributed by atoms with van der Waals surface area (Å²) in [5, 5.41) is 24.8. The number of halogens is 1. The molecule has 0 bridgehead atoms. The molecular weight excluding hydrogens is 592 g/mol. The van der Waals surface area contributed by atoms with Crippen molar-refractivity contribution >= 4 is 46.9 Å². The van der Waals surface area contributed by atoms with Crippen LogP contribution in [0.5, 0.6) is 0 Å². The van der Waals surface area contributed by atoms with E-state index in [1.165, 1.54) is 43.3 Å². The molecule has 16 heteroatoms. The molecule has 0 radical (unpaired) electrons. The molecule has 43 heavy (non-hydrogen) atoms. The number of nitrogens with zero attached hydrogens (tertiary/aromatic N) is 3. The van der Waals surface area contributed by atoms with E-state index in [4.69, 9.17) is 25.8 Å². The number of alkyl halides is 1. The largest absolute Gasteiger partial charge is 0.466 e. The number of nitrogens with one attached hydrogen (secondary N) is 1. The Morgan fingerprint density at radius 3 is 2.02 bits per heavy atom. The first kappa shape index (κ1) is 32.7. The van der Waals surface area contributed by atoms with Crippen LogP contribution in [-0.4, -0.2) is 63.4 Å². The number of nitro groups is 2. The zero-order chi connectivity index (χ0) is 31.7. The molecule has 4 atom stereocenters. The van der Waals surface area contributed by atoms with Crippen molar-refractivity contribution < 1.29 is 43.2 Å². The van der Waals surface area contributed by atoms with Crippen molar-refractivity contribution in [2.45, 2.75) is 45.0 Å². The van der Waals surface area contributed by atoms with Crippen molar-refractivity contribution in [1.82, 2.24) is 10.2 Å². The first-order chi connectivity index (χ1) is 20.4. The number of alkyl carbamates (subject to hydrolysis) is 1. The van der Waals surface area contributed by atoms with Crippen LogP contribution in [0.4, 0.5) is 16.2 Å². The van der Waals surface area contributed by atoms with Gasteiger partial charge in [0.05, 0.1) is 39.5 Å². The van der Waals surface area contributed by atoms with E-state index in [2.05, 4.69) is 5.32 Å². The molecule has 0 aromatic heterocycles. The van der Waals surface area contributed by atoms with Gasteiger partial charge in [-0.3, -0.25) is 29.8 Å². The number of nitro benzene ring substituents is 2. The molecule has 4 unspecified atom stereocenters. The van der Waals surface area contributed by atoms with E-state index in [1.807, 2.05) is 0 Å². The third-order valence-electron chi connectivity index (χ3n) is 6.71. The highest BCUT2D eigenvalue weighted by Crippen LogP contribution is 2.38. The number of esters is 2. The Hall–Kier alpha value is -4.79. The van der Waals surface area contributed by atoms with Crippen molar-refractivity contribution in [3.05, 3.63) is 79.9 Å². The molecule has 1 saturated heterocycles. The van der Waals surface area contributed by atoms with Crippen molar-refractivity contribution in [2.24, 2.45) is 11.8 Å². The van der Waals surface area contributed by atoms with Crippen molar-refractivity contribution in [3.8, 4) is 0 Å². The van der Waals surface area contributed by atoms with Gasteiger partial charge >= 0.3 is 18.0 Å². The fourth-order valence-corrected chi connectivity index (χ4v) is 4.94. The molecule has 15 nitrogen and oxygen atoms in total. The van der Waals surface area contributed by atoms with Crippen LogP contribution < -0.4 is 5.32 Å². The SMILES string of the molecule is CC(=O)OCC(C)C1C(CCNC(=O)OCc2ccccc2[N+](=O)[O-])C(=O)N1C(Cl)C(=O)OCc1ccccc1[N+](=O)[O-]. The number of hydrogen-bond donors (Lipinski definition) is 1. The van der Waals surface area contributed by atoms with Crippen LogP contribution in [0.2, 0.25) is 0 Å². The normalized spacial score (nSPS) is 17.2. The minimum atomic E-state index is -1.57. The number of β-lactam (4-membered cyclic amide) rings is 1. The zero-order valence-electron chi connectivity index (χ0n) is 23.2. The molecular formula is C27H29ClN4O11. The Kier molecular flexibility index (Phi) is 11.3. The maximum atomic E-state index is 13.1. The molecule has 1 aliphatic heterocycles. The maximum absolute atomic E-state index is 13.1. The molecule has 2 amide bonds. The van der Waals surface area contributed by atoms with Gasteiger partial charge in [-0.25, -0.2) is 9.59 Å². The molecule has 1 heterocycles. The van der Waals surface area contributed by atoms with Gasteiger partial charge < -0.3 is 24.4 Å². The summed E-state index contributed by atoms with van der Waals surface area (Å²) >= 11 is 6.33. The van der Waals surface area contributed by atoms with Gasteiger partial charge in [0.25, 0.3) is 11.4 Å². The Morgan fingerprint density at radius 2 is 1.49 bits per heavy atom. The topological polar surface area (TPSA) is 198 Å². The number of ether oxygens (including phenoxy) is 3. The highest BCUT2D eigenvalue weighted by molar-refractivity contribution is 6.30. The van der Waals surface area contributed by atoms with E-state index in [-0.39, 0.29) is 48.7 Å². The molecule has 2 aromatic rings. The Labute approximate surface area is 250 Å². The van der Waals surface area contributed by atoms with Gasteiger partial charge in [-0.05, 0) is 18.6 Å². The first-order valence-corrected chi connectivity index (χ1v) is 13.5. The summed E-state index contributed by atoms with van der Waals surface area (Å²) in [5.74, 6) is -3.26. The van der Waals surface area contributed by atoms with Gasteiger partial charge in [0.2, 0.25) is 11.4 Å². The fraction of sp³-hybridized carbons (Fsp3) is 0.407. The number of benzene rings is 2. The van der Waals surface area contributed by atoms with Crippen LogP contribution in [0.3, 0.4) is 0 Å². The standard InChI is InChI=1S/C27H29ClN4O11/c1-16(13-41-17(2)33)23-20(11-12-29-27(36)43-15-19-8-4-6-10-22(19)32(39)40)25(34)30(23)24(28)26(35)42-14-18-7-3-5-9-21(18)31(37)38/h3-10,16,20,23-24H,11-15H2,1-2H3,(H,29,36). The van der Waals surface area contributed by atoms with Crippen molar-refractivity contribution in [3.63, 3.8) is 0 Å². The molecule has 3 rings (SSSR count). The average Bonchev–Trinajstić information content (AvgIpc) is 2.98. The first-order valence-electron chi connectivity index (χ1n) is 13.0. The summed E-state index contributed by atoms with van der Waals surface area (Å²) in [7, 11) is 0. The lowest BCUT2D eigenvalue weighted by Gasteiger charge is -2.51. The fourth-order valence-electron chi connectivity index (χ4n) is 4.65. The molecule has 230 valence electrons. The molecule has 1 fully saturated rings.